The fourth-order valence-electron chi connectivity index (χ4n) is 1.96. The van der Waals surface area contributed by atoms with Crippen LogP contribution in [0.5, 0.6) is 5.75 Å². The first-order valence-electron chi connectivity index (χ1n) is 6.70. The molecule has 0 spiro atoms. The molecule has 2 aromatic rings. The molecule has 0 aliphatic rings. The van der Waals surface area contributed by atoms with E-state index in [1.54, 1.807) is 18.2 Å². The monoisotopic (exact) mass is 349 g/mol. The molecule has 0 amide bonds. The predicted octanol–water partition coefficient (Wildman–Crippen LogP) is 5.60. The Labute approximate surface area is 135 Å². The Kier molecular flexibility index (Phi) is 5.34. The lowest BCUT2D eigenvalue weighted by atomic mass is 10.0. The summed E-state index contributed by atoms with van der Waals surface area (Å²) in [5.41, 5.74) is 1.42. The van der Waals surface area contributed by atoms with Crippen molar-refractivity contribution in [2.75, 3.05) is 6.61 Å². The summed E-state index contributed by atoms with van der Waals surface area (Å²) in [4.78, 5) is 5.31. The molecule has 0 aliphatic heterocycles. The van der Waals surface area contributed by atoms with Crippen LogP contribution in [0.15, 0.2) is 24.3 Å². The van der Waals surface area contributed by atoms with Crippen LogP contribution >= 0.6 is 22.9 Å². The Morgan fingerprint density at radius 2 is 2.05 bits per heavy atom. The second-order valence-corrected chi connectivity index (χ2v) is 6.93. The molecule has 0 unspecified atom stereocenters. The molecule has 22 heavy (non-hydrogen) atoms. The van der Waals surface area contributed by atoms with Gasteiger partial charge in [0.2, 0.25) is 0 Å². The highest BCUT2D eigenvalue weighted by Crippen LogP contribution is 2.34. The number of hydrogen-bond acceptors (Lipinski definition) is 3. The van der Waals surface area contributed by atoms with Crippen molar-refractivity contribution in [3.63, 3.8) is 0 Å². The molecule has 2 rings (SSSR count). The minimum atomic E-state index is -4.36. The number of benzene rings is 1. The summed E-state index contributed by atoms with van der Waals surface area (Å²) in [5, 5.41) is 0. The normalized spacial score (nSPS) is 12.0. The van der Waals surface area contributed by atoms with Crippen molar-refractivity contribution in [1.29, 1.82) is 0 Å². The molecule has 0 fully saturated rings. The summed E-state index contributed by atoms with van der Waals surface area (Å²) >= 11 is 7.38. The molecule has 0 atom stereocenters. The van der Waals surface area contributed by atoms with E-state index in [9.17, 15) is 13.2 Å². The number of nitrogens with zero attached hydrogens (tertiary/aromatic N) is 1. The molecule has 0 bridgehead atoms. The van der Waals surface area contributed by atoms with Gasteiger partial charge in [-0.2, -0.15) is 13.2 Å². The Hall–Kier alpha value is -1.27. The summed E-state index contributed by atoms with van der Waals surface area (Å²) in [5.74, 6) is 0.592. The van der Waals surface area contributed by atoms with E-state index in [-0.39, 0.29) is 5.75 Å². The van der Waals surface area contributed by atoms with Gasteiger partial charge in [-0.05, 0) is 24.5 Å². The molecular weight excluding hydrogens is 335 g/mol. The van der Waals surface area contributed by atoms with Crippen LogP contribution < -0.4 is 4.74 Å². The van der Waals surface area contributed by atoms with Gasteiger partial charge in [-0.1, -0.05) is 37.6 Å². The highest BCUT2D eigenvalue weighted by molar-refractivity contribution is 7.16. The van der Waals surface area contributed by atoms with Crippen molar-refractivity contribution >= 4 is 22.9 Å². The van der Waals surface area contributed by atoms with Gasteiger partial charge in [-0.3, -0.25) is 0 Å². The zero-order valence-electron chi connectivity index (χ0n) is 12.1. The van der Waals surface area contributed by atoms with E-state index in [1.165, 1.54) is 17.4 Å². The first kappa shape index (κ1) is 17.1. The SMILES string of the molecule is CC(C)Cc1sc(Cl)nc1-c1cccc(OCC(F)(F)F)c1. The number of aromatic nitrogens is 1. The maximum absolute atomic E-state index is 12.2. The number of ether oxygens (including phenoxy) is 1. The maximum Gasteiger partial charge on any atom is 0.422 e. The van der Waals surface area contributed by atoms with Crippen LogP contribution in [0.4, 0.5) is 13.2 Å². The third kappa shape index (κ3) is 4.88. The lowest BCUT2D eigenvalue weighted by molar-refractivity contribution is -0.153. The fourth-order valence-corrected chi connectivity index (χ4v) is 3.34. The molecule has 7 heteroatoms. The lowest BCUT2D eigenvalue weighted by Crippen LogP contribution is -2.19. The second-order valence-electron chi connectivity index (χ2n) is 5.27. The van der Waals surface area contributed by atoms with Crippen LogP contribution in [0.3, 0.4) is 0 Å². The van der Waals surface area contributed by atoms with Gasteiger partial charge in [0.25, 0.3) is 0 Å². The van der Waals surface area contributed by atoms with Crippen molar-refractivity contribution in [3.8, 4) is 17.0 Å². The van der Waals surface area contributed by atoms with Crippen LogP contribution in [0, 0.1) is 5.92 Å². The molecule has 0 saturated carbocycles. The van der Waals surface area contributed by atoms with Gasteiger partial charge in [-0.15, -0.1) is 11.3 Å². The Balaban J connectivity index is 2.26. The fraction of sp³-hybridized carbons (Fsp3) is 0.400. The van der Waals surface area contributed by atoms with Gasteiger partial charge in [-0.25, -0.2) is 4.98 Å². The largest absolute Gasteiger partial charge is 0.484 e. The number of thiazole rings is 1. The minimum absolute atomic E-state index is 0.162. The van der Waals surface area contributed by atoms with Gasteiger partial charge in [0, 0.05) is 10.4 Å². The number of rotatable bonds is 5. The van der Waals surface area contributed by atoms with Gasteiger partial charge in [0.15, 0.2) is 11.1 Å². The Bertz CT molecular complexity index is 640. The molecule has 1 aromatic heterocycles. The maximum atomic E-state index is 12.2. The van der Waals surface area contributed by atoms with Gasteiger partial charge in [0.1, 0.15) is 5.75 Å². The molecule has 0 aliphatic carbocycles. The van der Waals surface area contributed by atoms with Crippen LogP contribution in [0.25, 0.3) is 11.3 Å². The van der Waals surface area contributed by atoms with Crippen molar-refractivity contribution in [2.24, 2.45) is 5.92 Å². The van der Waals surface area contributed by atoms with E-state index in [2.05, 4.69) is 18.8 Å². The summed E-state index contributed by atoms with van der Waals surface area (Å²) in [6, 6.07) is 6.48. The van der Waals surface area contributed by atoms with Crippen molar-refractivity contribution in [1.82, 2.24) is 4.98 Å². The summed E-state index contributed by atoms with van der Waals surface area (Å²) < 4.78 is 41.9. The standard InChI is InChI=1S/C15H15ClF3NOS/c1-9(2)6-12-13(20-14(16)22-12)10-4-3-5-11(7-10)21-8-15(17,18)19/h3-5,7,9H,6,8H2,1-2H3. The second kappa shape index (κ2) is 6.87. The third-order valence-electron chi connectivity index (χ3n) is 2.77. The molecule has 120 valence electrons. The van der Waals surface area contributed by atoms with Gasteiger partial charge >= 0.3 is 6.18 Å². The summed E-state index contributed by atoms with van der Waals surface area (Å²) in [6.45, 7) is 2.85. The van der Waals surface area contributed by atoms with E-state index >= 15 is 0 Å². The molecule has 0 radical (unpaired) electrons. The zero-order chi connectivity index (χ0) is 16.3. The molecular formula is C15H15ClF3NOS. The highest BCUT2D eigenvalue weighted by Gasteiger charge is 2.28. The minimum Gasteiger partial charge on any atom is -0.484 e. The van der Waals surface area contributed by atoms with E-state index in [0.29, 0.717) is 21.6 Å². The first-order valence-corrected chi connectivity index (χ1v) is 7.89. The first-order chi connectivity index (χ1) is 10.2. The van der Waals surface area contributed by atoms with Gasteiger partial charge in [0.05, 0.1) is 5.69 Å². The van der Waals surface area contributed by atoms with E-state index in [0.717, 1.165) is 11.3 Å². The zero-order valence-corrected chi connectivity index (χ0v) is 13.6. The van der Waals surface area contributed by atoms with Crippen molar-refractivity contribution < 1.29 is 17.9 Å². The van der Waals surface area contributed by atoms with Crippen molar-refractivity contribution in [2.45, 2.75) is 26.4 Å². The quantitative estimate of drug-likeness (QED) is 0.700. The number of alkyl halides is 3. The summed E-state index contributed by atoms with van der Waals surface area (Å²) in [7, 11) is 0. The van der Waals surface area contributed by atoms with Crippen LogP contribution in [-0.2, 0) is 6.42 Å². The molecule has 1 heterocycles. The molecule has 2 nitrogen and oxygen atoms in total. The lowest BCUT2D eigenvalue weighted by Gasteiger charge is -2.10. The topological polar surface area (TPSA) is 22.1 Å². The van der Waals surface area contributed by atoms with Crippen LogP contribution in [0.2, 0.25) is 4.47 Å². The average molecular weight is 350 g/mol. The number of hydrogen-bond donors (Lipinski definition) is 0. The van der Waals surface area contributed by atoms with Crippen LogP contribution in [0.1, 0.15) is 18.7 Å². The summed E-state index contributed by atoms with van der Waals surface area (Å²) in [6.07, 6.45) is -3.55. The predicted molar refractivity (Wildman–Crippen MR) is 82.7 cm³/mol. The van der Waals surface area contributed by atoms with E-state index < -0.39 is 12.8 Å². The number of halogens is 4. The van der Waals surface area contributed by atoms with E-state index in [1.807, 2.05) is 0 Å². The van der Waals surface area contributed by atoms with E-state index in [4.69, 9.17) is 16.3 Å². The Morgan fingerprint density at radius 3 is 2.68 bits per heavy atom. The third-order valence-corrected chi connectivity index (χ3v) is 3.96. The average Bonchev–Trinajstić information content (AvgIpc) is 2.76. The molecule has 0 N–H and O–H groups in total. The van der Waals surface area contributed by atoms with Crippen LogP contribution in [-0.4, -0.2) is 17.8 Å². The van der Waals surface area contributed by atoms with Gasteiger partial charge < -0.3 is 4.74 Å². The molecule has 0 saturated heterocycles. The molecule has 1 aromatic carbocycles. The smallest absolute Gasteiger partial charge is 0.422 e. The Morgan fingerprint density at radius 1 is 1.32 bits per heavy atom. The highest BCUT2D eigenvalue weighted by atomic mass is 35.5. The van der Waals surface area contributed by atoms with Crippen molar-refractivity contribution in [3.05, 3.63) is 33.6 Å².